The van der Waals surface area contributed by atoms with Crippen molar-refractivity contribution in [1.29, 1.82) is 0 Å². The highest BCUT2D eigenvalue weighted by atomic mass is 19.1. The second-order valence-electron chi connectivity index (χ2n) is 7.98. The number of carbonyl (C=O) groups is 2. The molecular formula is C21H21F2N3O5. The maximum Gasteiger partial charge on any atom is 0.274 e. The standard InChI is InChI=1S/C21H21F2N3O5/c1-25-10-21(6-12(21)9-31-2)26-8-14(17(27)18(28)16(26)20(25)30)19(29)24-7-11-3-4-13(22)5-15(11)23/h3-5,8,12,28H,6-7,9-10H2,1-2H3,(H,24,29)/t12-,21-/m1/s1. The molecule has 8 nitrogen and oxygen atoms in total. The SMILES string of the molecule is COC[C@H]1C[C@@]12CN(C)C(=O)c1c(O)c(=O)c(C(=O)NCc3ccc(F)cc3F)cn12. The Labute approximate surface area is 176 Å². The fraction of sp³-hybridized carbons (Fsp3) is 0.381. The van der Waals surface area contributed by atoms with Gasteiger partial charge in [-0.05, 0) is 12.5 Å². The lowest BCUT2D eigenvalue weighted by Gasteiger charge is -2.35. The average Bonchev–Trinajstić information content (AvgIpc) is 3.40. The van der Waals surface area contributed by atoms with Gasteiger partial charge in [-0.3, -0.25) is 14.4 Å². The third kappa shape index (κ3) is 3.36. The Balaban J connectivity index is 1.69. The van der Waals surface area contributed by atoms with Crippen molar-refractivity contribution in [2.75, 3.05) is 27.3 Å². The molecule has 2 aromatic rings. The molecule has 31 heavy (non-hydrogen) atoms. The summed E-state index contributed by atoms with van der Waals surface area (Å²) in [7, 11) is 3.14. The van der Waals surface area contributed by atoms with Crippen LogP contribution in [0.5, 0.6) is 5.75 Å². The molecule has 164 valence electrons. The topological polar surface area (TPSA) is 101 Å². The van der Waals surface area contributed by atoms with E-state index in [-0.39, 0.29) is 29.3 Å². The van der Waals surface area contributed by atoms with Gasteiger partial charge in [0.2, 0.25) is 5.43 Å². The number of nitrogens with zero attached hydrogens (tertiary/aromatic N) is 2. The van der Waals surface area contributed by atoms with E-state index in [0.29, 0.717) is 25.6 Å². The first-order valence-electron chi connectivity index (χ1n) is 9.65. The quantitative estimate of drug-likeness (QED) is 0.738. The zero-order valence-electron chi connectivity index (χ0n) is 16.9. The van der Waals surface area contributed by atoms with Crippen molar-refractivity contribution < 1.29 is 28.2 Å². The molecule has 1 spiro atoms. The van der Waals surface area contributed by atoms with Crippen LogP contribution in [0.2, 0.25) is 0 Å². The van der Waals surface area contributed by atoms with Crippen LogP contribution in [-0.2, 0) is 16.8 Å². The third-order valence-electron chi connectivity index (χ3n) is 5.99. The highest BCUT2D eigenvalue weighted by Crippen LogP contribution is 2.53. The van der Waals surface area contributed by atoms with E-state index in [1.807, 2.05) is 0 Å². The number of aromatic nitrogens is 1. The first kappa shape index (κ1) is 21.0. The Bertz CT molecular complexity index is 1150. The minimum absolute atomic E-state index is 0.0349. The fourth-order valence-corrected chi connectivity index (χ4v) is 4.27. The Morgan fingerprint density at radius 3 is 2.77 bits per heavy atom. The Kier molecular flexibility index (Phi) is 5.04. The molecule has 10 heteroatoms. The van der Waals surface area contributed by atoms with Crippen molar-refractivity contribution in [3.05, 3.63) is 63.1 Å². The molecule has 1 fully saturated rings. The molecule has 2 aliphatic rings. The maximum absolute atomic E-state index is 13.8. The molecule has 0 bridgehead atoms. The molecule has 2 N–H and O–H groups in total. The average molecular weight is 433 g/mol. The molecule has 2 atom stereocenters. The minimum Gasteiger partial charge on any atom is -0.503 e. The summed E-state index contributed by atoms with van der Waals surface area (Å²) in [6.07, 6.45) is 1.92. The zero-order chi connectivity index (χ0) is 22.5. The van der Waals surface area contributed by atoms with Crippen molar-refractivity contribution >= 4 is 11.8 Å². The summed E-state index contributed by atoms with van der Waals surface area (Å²) in [4.78, 5) is 39.4. The van der Waals surface area contributed by atoms with Crippen molar-refractivity contribution in [3.8, 4) is 5.75 Å². The summed E-state index contributed by atoms with van der Waals surface area (Å²) >= 11 is 0. The van der Waals surface area contributed by atoms with Crippen LogP contribution < -0.4 is 10.7 Å². The second kappa shape index (κ2) is 7.45. The van der Waals surface area contributed by atoms with Crippen LogP contribution in [0, 0.1) is 17.6 Å². The lowest BCUT2D eigenvalue weighted by atomic mass is 10.0. The number of carbonyl (C=O) groups excluding carboxylic acids is 2. The van der Waals surface area contributed by atoms with Crippen molar-refractivity contribution in [1.82, 2.24) is 14.8 Å². The van der Waals surface area contributed by atoms with E-state index >= 15 is 0 Å². The number of ether oxygens (including phenoxy) is 1. The third-order valence-corrected chi connectivity index (χ3v) is 5.99. The van der Waals surface area contributed by atoms with E-state index in [4.69, 9.17) is 4.74 Å². The molecule has 1 aromatic carbocycles. The van der Waals surface area contributed by atoms with Crippen LogP contribution in [0.25, 0.3) is 0 Å². The van der Waals surface area contributed by atoms with Crippen molar-refractivity contribution in [2.24, 2.45) is 5.92 Å². The molecule has 1 saturated carbocycles. The summed E-state index contributed by atoms with van der Waals surface area (Å²) in [5, 5.41) is 12.9. The van der Waals surface area contributed by atoms with Gasteiger partial charge in [0.1, 0.15) is 17.2 Å². The number of hydrogen-bond acceptors (Lipinski definition) is 5. The van der Waals surface area contributed by atoms with E-state index < -0.39 is 40.2 Å². The van der Waals surface area contributed by atoms with E-state index in [9.17, 15) is 28.3 Å². The number of hydrogen-bond donors (Lipinski definition) is 2. The van der Waals surface area contributed by atoms with Gasteiger partial charge >= 0.3 is 0 Å². The van der Waals surface area contributed by atoms with Crippen LogP contribution in [0.1, 0.15) is 32.8 Å². The van der Waals surface area contributed by atoms with Gasteiger partial charge in [-0.25, -0.2) is 8.78 Å². The summed E-state index contributed by atoms with van der Waals surface area (Å²) < 4.78 is 33.6. The number of halogens is 2. The normalized spacial score (nSPS) is 21.9. The highest BCUT2D eigenvalue weighted by molar-refractivity contribution is 5.99. The molecule has 1 aliphatic heterocycles. The molecule has 4 rings (SSSR count). The fourth-order valence-electron chi connectivity index (χ4n) is 4.27. The lowest BCUT2D eigenvalue weighted by Crippen LogP contribution is -2.48. The predicted molar refractivity (Wildman–Crippen MR) is 105 cm³/mol. The molecule has 0 unspecified atom stereocenters. The molecule has 2 amide bonds. The highest BCUT2D eigenvalue weighted by Gasteiger charge is 2.60. The minimum atomic E-state index is -0.994. The van der Waals surface area contributed by atoms with Gasteiger partial charge in [0, 0.05) is 51.0 Å². The Morgan fingerprint density at radius 1 is 1.35 bits per heavy atom. The predicted octanol–water partition coefficient (Wildman–Crippen LogP) is 1.21. The van der Waals surface area contributed by atoms with Gasteiger partial charge in [-0.1, -0.05) is 6.07 Å². The molecule has 1 aromatic heterocycles. The number of pyridine rings is 1. The number of likely N-dealkylation sites (N-methyl/N-ethyl adjacent to an activating group) is 1. The molecule has 2 heterocycles. The first-order chi connectivity index (χ1) is 14.7. The van der Waals surface area contributed by atoms with Crippen LogP contribution in [0.15, 0.2) is 29.2 Å². The summed E-state index contributed by atoms with van der Waals surface area (Å²) in [5.74, 6) is -3.72. The van der Waals surface area contributed by atoms with E-state index in [1.54, 1.807) is 14.2 Å². The van der Waals surface area contributed by atoms with Crippen LogP contribution in [-0.4, -0.2) is 53.7 Å². The molecule has 1 aliphatic carbocycles. The van der Waals surface area contributed by atoms with Gasteiger partial charge < -0.3 is 24.6 Å². The van der Waals surface area contributed by atoms with Crippen LogP contribution >= 0.6 is 0 Å². The lowest BCUT2D eigenvalue weighted by molar-refractivity contribution is 0.0664. The van der Waals surface area contributed by atoms with Gasteiger partial charge in [0.15, 0.2) is 11.4 Å². The maximum atomic E-state index is 13.8. The van der Waals surface area contributed by atoms with Crippen molar-refractivity contribution in [2.45, 2.75) is 18.5 Å². The van der Waals surface area contributed by atoms with Crippen LogP contribution in [0.4, 0.5) is 8.78 Å². The van der Waals surface area contributed by atoms with Gasteiger partial charge in [0.05, 0.1) is 12.1 Å². The zero-order valence-corrected chi connectivity index (χ0v) is 16.9. The van der Waals surface area contributed by atoms with Gasteiger partial charge in [-0.15, -0.1) is 0 Å². The Hall–Kier alpha value is -3.27. The Morgan fingerprint density at radius 2 is 2.10 bits per heavy atom. The number of aromatic hydroxyl groups is 1. The number of methoxy groups -OCH3 is 1. The number of amides is 2. The van der Waals surface area contributed by atoms with E-state index in [2.05, 4.69) is 5.32 Å². The summed E-state index contributed by atoms with van der Waals surface area (Å²) in [6.45, 7) is 0.475. The molecule has 0 saturated heterocycles. The number of rotatable bonds is 5. The second-order valence-corrected chi connectivity index (χ2v) is 7.98. The number of benzene rings is 1. The smallest absolute Gasteiger partial charge is 0.274 e. The monoisotopic (exact) mass is 433 g/mol. The first-order valence-corrected chi connectivity index (χ1v) is 9.65. The van der Waals surface area contributed by atoms with Crippen LogP contribution in [0.3, 0.4) is 0 Å². The van der Waals surface area contributed by atoms with Crippen molar-refractivity contribution in [3.63, 3.8) is 0 Å². The van der Waals surface area contributed by atoms with E-state index in [1.165, 1.54) is 21.7 Å². The van der Waals surface area contributed by atoms with E-state index in [0.717, 1.165) is 6.07 Å². The summed E-state index contributed by atoms with van der Waals surface area (Å²) in [6, 6.07) is 2.93. The summed E-state index contributed by atoms with van der Waals surface area (Å²) in [5.41, 5.74) is -2.09. The number of nitrogens with one attached hydrogen (secondary N) is 1. The van der Waals surface area contributed by atoms with Gasteiger partial charge in [0.25, 0.3) is 11.8 Å². The largest absolute Gasteiger partial charge is 0.503 e. The molecule has 0 radical (unpaired) electrons. The van der Waals surface area contributed by atoms with Gasteiger partial charge in [-0.2, -0.15) is 0 Å². The molecular weight excluding hydrogens is 412 g/mol. The number of fused-ring (bicyclic) bond motifs is 2.